The van der Waals surface area contributed by atoms with Crippen LogP contribution < -0.4 is 5.32 Å². The highest BCUT2D eigenvalue weighted by molar-refractivity contribution is 7.99. The van der Waals surface area contributed by atoms with Gasteiger partial charge in [-0.05, 0) is 31.0 Å². The highest BCUT2D eigenvalue weighted by Gasteiger charge is 2.13. The average molecular weight is 383 g/mol. The van der Waals surface area contributed by atoms with Crippen molar-refractivity contribution >= 4 is 29.0 Å². The van der Waals surface area contributed by atoms with E-state index < -0.39 is 4.92 Å². The number of nitrogens with zero attached hydrogens (tertiary/aromatic N) is 3. The molecule has 0 saturated carbocycles. The number of aromatic nitrogens is 3. The molecule has 1 amide bonds. The van der Waals surface area contributed by atoms with Gasteiger partial charge in [0.1, 0.15) is 0 Å². The number of rotatable bonds is 6. The fourth-order valence-corrected chi connectivity index (χ4v) is 3.09. The lowest BCUT2D eigenvalue weighted by Crippen LogP contribution is -2.15. The Labute approximate surface area is 159 Å². The predicted molar refractivity (Wildman–Crippen MR) is 104 cm³/mol. The van der Waals surface area contributed by atoms with Gasteiger partial charge in [-0.1, -0.05) is 36.0 Å². The summed E-state index contributed by atoms with van der Waals surface area (Å²) in [5.41, 5.74) is 3.20. The number of thioether (sulfide) groups is 1. The Kier molecular flexibility index (Phi) is 5.51. The van der Waals surface area contributed by atoms with Crippen molar-refractivity contribution in [2.24, 2.45) is 0 Å². The highest BCUT2D eigenvalue weighted by Crippen LogP contribution is 2.23. The van der Waals surface area contributed by atoms with Gasteiger partial charge in [-0.3, -0.25) is 20.0 Å². The van der Waals surface area contributed by atoms with Crippen molar-refractivity contribution < 1.29 is 9.72 Å². The average Bonchev–Trinajstić information content (AvgIpc) is 3.10. The second kappa shape index (κ2) is 8.00. The monoisotopic (exact) mass is 383 g/mol. The molecule has 2 N–H and O–H groups in total. The van der Waals surface area contributed by atoms with Gasteiger partial charge in [0.05, 0.1) is 10.7 Å². The molecule has 3 rings (SSSR count). The number of benzene rings is 2. The quantitative estimate of drug-likeness (QED) is 0.381. The van der Waals surface area contributed by atoms with Crippen LogP contribution in [-0.4, -0.2) is 31.8 Å². The number of carbonyl (C=O) groups excluding carboxylic acids is 1. The first-order valence-electron chi connectivity index (χ1n) is 8.10. The number of hydrogen-bond donors (Lipinski definition) is 2. The number of anilines is 1. The first-order valence-corrected chi connectivity index (χ1v) is 9.08. The van der Waals surface area contributed by atoms with Gasteiger partial charge in [0.25, 0.3) is 5.69 Å². The van der Waals surface area contributed by atoms with Gasteiger partial charge in [-0.2, -0.15) is 0 Å². The number of nitrogens with one attached hydrogen (secondary N) is 2. The third-order valence-electron chi connectivity index (χ3n) is 3.89. The molecular weight excluding hydrogens is 366 g/mol. The molecule has 8 nitrogen and oxygen atoms in total. The number of aryl methyl sites for hydroxylation is 2. The zero-order valence-corrected chi connectivity index (χ0v) is 15.5. The number of nitro benzene ring substituents is 1. The number of hydrogen-bond acceptors (Lipinski definition) is 6. The van der Waals surface area contributed by atoms with E-state index in [2.05, 4.69) is 20.5 Å². The van der Waals surface area contributed by atoms with Gasteiger partial charge in [0, 0.05) is 23.4 Å². The van der Waals surface area contributed by atoms with Gasteiger partial charge in [0.15, 0.2) is 5.82 Å². The highest BCUT2D eigenvalue weighted by atomic mass is 32.2. The van der Waals surface area contributed by atoms with Crippen LogP contribution in [0.5, 0.6) is 0 Å². The van der Waals surface area contributed by atoms with Crippen molar-refractivity contribution in [3.8, 4) is 11.4 Å². The van der Waals surface area contributed by atoms with Crippen molar-refractivity contribution in [3.63, 3.8) is 0 Å². The molecule has 0 bridgehead atoms. The first kappa shape index (κ1) is 18.6. The standard InChI is InChI=1S/C18H17N5O3S/c1-11-5-3-4-6-14(11)17-20-18(22-21-17)27-10-16(24)19-15-8-7-13(23(25)26)9-12(15)2/h3-9H,10H2,1-2H3,(H,19,24)(H,20,21,22). The minimum absolute atomic E-state index is 0.00988. The predicted octanol–water partition coefficient (Wildman–Crippen LogP) is 3.73. The van der Waals surface area contributed by atoms with E-state index in [1.165, 1.54) is 30.0 Å². The van der Waals surface area contributed by atoms with Crippen LogP contribution in [-0.2, 0) is 4.79 Å². The smallest absolute Gasteiger partial charge is 0.269 e. The Balaban J connectivity index is 1.60. The van der Waals surface area contributed by atoms with Crippen LogP contribution in [0.2, 0.25) is 0 Å². The summed E-state index contributed by atoms with van der Waals surface area (Å²) in [6.07, 6.45) is 0. The molecule has 2 aromatic carbocycles. The van der Waals surface area contributed by atoms with E-state index in [0.29, 0.717) is 22.2 Å². The van der Waals surface area contributed by atoms with Crippen LogP contribution in [0.15, 0.2) is 47.6 Å². The zero-order valence-electron chi connectivity index (χ0n) is 14.7. The second-order valence-electron chi connectivity index (χ2n) is 5.87. The molecule has 27 heavy (non-hydrogen) atoms. The molecule has 0 atom stereocenters. The minimum atomic E-state index is -0.469. The number of H-pyrrole nitrogens is 1. The van der Waals surface area contributed by atoms with Gasteiger partial charge in [0.2, 0.25) is 11.1 Å². The molecule has 138 valence electrons. The van der Waals surface area contributed by atoms with E-state index in [9.17, 15) is 14.9 Å². The third kappa shape index (κ3) is 4.50. The van der Waals surface area contributed by atoms with Crippen molar-refractivity contribution in [2.45, 2.75) is 19.0 Å². The molecule has 1 heterocycles. The molecular formula is C18H17N5O3S. The molecule has 0 aliphatic rings. The van der Waals surface area contributed by atoms with Gasteiger partial charge < -0.3 is 5.32 Å². The van der Waals surface area contributed by atoms with Gasteiger partial charge >= 0.3 is 0 Å². The van der Waals surface area contributed by atoms with Gasteiger partial charge in [-0.25, -0.2) is 4.98 Å². The molecule has 0 spiro atoms. The number of carbonyl (C=O) groups is 1. The van der Waals surface area contributed by atoms with Crippen LogP contribution in [0.25, 0.3) is 11.4 Å². The molecule has 0 saturated heterocycles. The van der Waals surface area contributed by atoms with Crippen LogP contribution in [0, 0.1) is 24.0 Å². The van der Waals surface area contributed by atoms with Crippen LogP contribution in [0.1, 0.15) is 11.1 Å². The molecule has 1 aromatic heterocycles. The Morgan fingerprint density at radius 3 is 2.70 bits per heavy atom. The Morgan fingerprint density at radius 1 is 1.22 bits per heavy atom. The van der Waals surface area contributed by atoms with Gasteiger partial charge in [-0.15, -0.1) is 5.10 Å². The number of aromatic amines is 1. The lowest BCUT2D eigenvalue weighted by Gasteiger charge is -2.07. The summed E-state index contributed by atoms with van der Waals surface area (Å²) in [5.74, 6) is 0.544. The van der Waals surface area contributed by atoms with E-state index in [1.54, 1.807) is 6.92 Å². The molecule has 0 aliphatic carbocycles. The maximum Gasteiger partial charge on any atom is 0.269 e. The lowest BCUT2D eigenvalue weighted by atomic mass is 10.1. The van der Waals surface area contributed by atoms with E-state index >= 15 is 0 Å². The van der Waals surface area contributed by atoms with E-state index in [-0.39, 0.29) is 17.3 Å². The number of amides is 1. The van der Waals surface area contributed by atoms with E-state index in [1.807, 2.05) is 31.2 Å². The van der Waals surface area contributed by atoms with Crippen molar-refractivity contribution in [1.29, 1.82) is 0 Å². The first-order chi connectivity index (χ1) is 12.9. The number of nitro groups is 1. The molecule has 0 aliphatic heterocycles. The van der Waals surface area contributed by atoms with Crippen molar-refractivity contribution in [3.05, 3.63) is 63.7 Å². The van der Waals surface area contributed by atoms with Crippen LogP contribution >= 0.6 is 11.8 Å². The Bertz CT molecular complexity index is 1000. The third-order valence-corrected chi connectivity index (χ3v) is 4.74. The fourth-order valence-electron chi connectivity index (χ4n) is 2.49. The summed E-state index contributed by atoms with van der Waals surface area (Å²) in [5, 5.41) is 21.0. The Morgan fingerprint density at radius 2 is 2.00 bits per heavy atom. The Hall–Kier alpha value is -3.20. The number of non-ortho nitro benzene ring substituents is 1. The normalized spacial score (nSPS) is 10.6. The summed E-state index contributed by atoms with van der Waals surface area (Å²) in [7, 11) is 0. The van der Waals surface area contributed by atoms with Crippen molar-refractivity contribution in [2.75, 3.05) is 11.1 Å². The summed E-state index contributed by atoms with van der Waals surface area (Å²) in [6, 6.07) is 12.1. The lowest BCUT2D eigenvalue weighted by molar-refractivity contribution is -0.384. The fraction of sp³-hybridized carbons (Fsp3) is 0.167. The molecule has 3 aromatic rings. The summed E-state index contributed by atoms with van der Waals surface area (Å²) in [4.78, 5) is 26.9. The maximum atomic E-state index is 12.2. The minimum Gasteiger partial charge on any atom is -0.325 e. The summed E-state index contributed by atoms with van der Waals surface area (Å²) >= 11 is 1.21. The molecule has 0 radical (unpaired) electrons. The van der Waals surface area contributed by atoms with E-state index in [0.717, 1.165) is 11.1 Å². The topological polar surface area (TPSA) is 114 Å². The van der Waals surface area contributed by atoms with Crippen LogP contribution in [0.3, 0.4) is 0 Å². The largest absolute Gasteiger partial charge is 0.325 e. The molecule has 9 heteroatoms. The van der Waals surface area contributed by atoms with Crippen LogP contribution in [0.4, 0.5) is 11.4 Å². The summed E-state index contributed by atoms with van der Waals surface area (Å²) in [6.45, 7) is 3.70. The SMILES string of the molecule is Cc1cc([N+](=O)[O-])ccc1NC(=O)CSc1n[nH]c(-c2ccccc2C)n1. The second-order valence-corrected chi connectivity index (χ2v) is 6.82. The maximum absolute atomic E-state index is 12.2. The summed E-state index contributed by atoms with van der Waals surface area (Å²) < 4.78 is 0. The van der Waals surface area contributed by atoms with Crippen molar-refractivity contribution in [1.82, 2.24) is 15.2 Å². The van der Waals surface area contributed by atoms with E-state index in [4.69, 9.17) is 0 Å². The molecule has 0 fully saturated rings. The zero-order chi connectivity index (χ0) is 19.4. The molecule has 0 unspecified atom stereocenters.